The molecular weight excluding hydrogens is 258 g/mol. The summed E-state index contributed by atoms with van der Waals surface area (Å²) in [6.45, 7) is 1.90. The molecule has 90 valence electrons. The molecule has 3 nitrogen and oxygen atoms in total. The van der Waals surface area contributed by atoms with E-state index in [2.05, 4.69) is 0 Å². The van der Waals surface area contributed by atoms with Crippen LogP contribution in [0.3, 0.4) is 0 Å². The summed E-state index contributed by atoms with van der Waals surface area (Å²) in [6.07, 6.45) is 3.92. The molecule has 5 heteroatoms. The maximum absolute atomic E-state index is 11.1. The third kappa shape index (κ3) is 1.81. The van der Waals surface area contributed by atoms with Crippen LogP contribution in [0.5, 0.6) is 0 Å². The molecule has 1 aromatic carbocycles. The quantitative estimate of drug-likeness (QED) is 0.848. The van der Waals surface area contributed by atoms with Gasteiger partial charge in [0.15, 0.2) is 0 Å². The average Bonchev–Trinajstić information content (AvgIpc) is 2.61. The van der Waals surface area contributed by atoms with Crippen molar-refractivity contribution in [3.63, 3.8) is 0 Å². The van der Waals surface area contributed by atoms with E-state index < -0.39 is 5.97 Å². The predicted molar refractivity (Wildman–Crippen MR) is 71.4 cm³/mol. The van der Waals surface area contributed by atoms with Crippen molar-refractivity contribution in [3.8, 4) is 0 Å². The lowest BCUT2D eigenvalue weighted by molar-refractivity contribution is 0.0697. The van der Waals surface area contributed by atoms with E-state index in [9.17, 15) is 4.79 Å². The van der Waals surface area contributed by atoms with Crippen LogP contribution in [0.1, 0.15) is 15.9 Å². The summed E-state index contributed by atoms with van der Waals surface area (Å²) in [5.41, 5.74) is 2.08. The molecule has 0 amide bonds. The molecule has 0 aliphatic rings. The number of carboxylic acid groups (broad SMARTS) is 1. The Balaban J connectivity index is 2.96. The first-order chi connectivity index (χ1) is 7.97. The summed E-state index contributed by atoms with van der Waals surface area (Å²) in [6, 6.07) is 1.62. The van der Waals surface area contributed by atoms with Crippen LogP contribution in [0.2, 0.25) is 5.02 Å². The lowest BCUT2D eigenvalue weighted by atomic mass is 10.1. The number of aryl methyl sites for hydroxylation is 2. The van der Waals surface area contributed by atoms with E-state index >= 15 is 0 Å². The highest BCUT2D eigenvalue weighted by molar-refractivity contribution is 7.98. The lowest BCUT2D eigenvalue weighted by Crippen LogP contribution is -1.99. The van der Waals surface area contributed by atoms with Crippen molar-refractivity contribution < 1.29 is 9.90 Å². The van der Waals surface area contributed by atoms with Gasteiger partial charge in [-0.15, -0.1) is 11.8 Å². The number of hydrogen-bond acceptors (Lipinski definition) is 2. The zero-order valence-electron chi connectivity index (χ0n) is 9.74. The summed E-state index contributed by atoms with van der Waals surface area (Å²) in [4.78, 5) is 12.1. The fourth-order valence-electron chi connectivity index (χ4n) is 2.08. The Morgan fingerprint density at radius 3 is 2.71 bits per heavy atom. The van der Waals surface area contributed by atoms with Crippen LogP contribution in [0.25, 0.3) is 10.9 Å². The second-order valence-corrected chi connectivity index (χ2v) is 5.12. The van der Waals surface area contributed by atoms with E-state index in [0.29, 0.717) is 5.02 Å². The Morgan fingerprint density at radius 1 is 1.53 bits per heavy atom. The van der Waals surface area contributed by atoms with E-state index in [4.69, 9.17) is 16.7 Å². The van der Waals surface area contributed by atoms with Crippen molar-refractivity contribution in [2.24, 2.45) is 7.05 Å². The molecule has 0 aliphatic carbocycles. The SMILES string of the molecule is CSc1cn(C)c2c(C)cc(C(=O)O)c(Cl)c12. The normalized spacial score (nSPS) is 11.1. The first-order valence-electron chi connectivity index (χ1n) is 5.02. The molecule has 0 fully saturated rings. The second-order valence-electron chi connectivity index (χ2n) is 3.89. The summed E-state index contributed by atoms with van der Waals surface area (Å²) in [5, 5.41) is 10.3. The number of aromatic carboxylic acids is 1. The minimum Gasteiger partial charge on any atom is -0.478 e. The Bertz CT molecular complexity index is 619. The Hall–Kier alpha value is -1.13. The van der Waals surface area contributed by atoms with Gasteiger partial charge in [-0.2, -0.15) is 0 Å². The Labute approximate surface area is 108 Å². The van der Waals surface area contributed by atoms with E-state index in [1.54, 1.807) is 17.8 Å². The number of nitrogens with zero attached hydrogens (tertiary/aromatic N) is 1. The van der Waals surface area contributed by atoms with Crippen molar-refractivity contribution in [3.05, 3.63) is 28.4 Å². The molecule has 0 saturated heterocycles. The Morgan fingerprint density at radius 2 is 2.18 bits per heavy atom. The molecule has 0 unspecified atom stereocenters. The molecule has 17 heavy (non-hydrogen) atoms. The van der Waals surface area contributed by atoms with Gasteiger partial charge in [0.25, 0.3) is 0 Å². The second kappa shape index (κ2) is 4.27. The van der Waals surface area contributed by atoms with Gasteiger partial charge in [0.05, 0.1) is 16.1 Å². The lowest BCUT2D eigenvalue weighted by Gasteiger charge is -2.06. The van der Waals surface area contributed by atoms with Gasteiger partial charge in [0.2, 0.25) is 0 Å². The maximum atomic E-state index is 11.1. The highest BCUT2D eigenvalue weighted by atomic mass is 35.5. The number of fused-ring (bicyclic) bond motifs is 1. The van der Waals surface area contributed by atoms with Crippen LogP contribution >= 0.6 is 23.4 Å². The van der Waals surface area contributed by atoms with Gasteiger partial charge in [0.1, 0.15) is 0 Å². The van der Waals surface area contributed by atoms with Gasteiger partial charge < -0.3 is 9.67 Å². The van der Waals surface area contributed by atoms with E-state index in [0.717, 1.165) is 21.4 Å². The number of thioether (sulfide) groups is 1. The molecule has 0 atom stereocenters. The molecule has 0 aliphatic heterocycles. The Kier molecular flexibility index (Phi) is 3.10. The van der Waals surface area contributed by atoms with Crippen molar-refractivity contribution in [2.75, 3.05) is 6.26 Å². The number of carboxylic acids is 1. The largest absolute Gasteiger partial charge is 0.478 e. The number of benzene rings is 1. The zero-order chi connectivity index (χ0) is 12.7. The third-order valence-corrected chi connectivity index (χ3v) is 3.93. The standard InChI is InChI=1S/C12H12ClNO2S/c1-6-4-7(12(15)16)10(13)9-8(17-3)5-14(2)11(6)9/h4-5H,1-3H3,(H,15,16). The summed E-state index contributed by atoms with van der Waals surface area (Å²) < 4.78 is 1.98. The fraction of sp³-hybridized carbons (Fsp3) is 0.250. The third-order valence-electron chi connectivity index (χ3n) is 2.79. The molecule has 2 aromatic rings. The zero-order valence-corrected chi connectivity index (χ0v) is 11.3. The van der Waals surface area contributed by atoms with Gasteiger partial charge >= 0.3 is 5.97 Å². The molecule has 1 N–H and O–H groups in total. The van der Waals surface area contributed by atoms with Gasteiger partial charge in [-0.1, -0.05) is 11.6 Å². The van der Waals surface area contributed by atoms with Crippen LogP contribution in [0.4, 0.5) is 0 Å². The summed E-state index contributed by atoms with van der Waals surface area (Å²) >= 11 is 7.76. The number of aromatic nitrogens is 1. The monoisotopic (exact) mass is 269 g/mol. The topological polar surface area (TPSA) is 42.2 Å². The van der Waals surface area contributed by atoms with Gasteiger partial charge in [0, 0.05) is 23.5 Å². The van der Waals surface area contributed by atoms with Gasteiger partial charge in [-0.3, -0.25) is 0 Å². The van der Waals surface area contributed by atoms with Crippen LogP contribution in [0, 0.1) is 6.92 Å². The molecule has 2 rings (SSSR count). The molecular formula is C12H12ClNO2S. The average molecular weight is 270 g/mol. The minimum absolute atomic E-state index is 0.165. The molecule has 1 heterocycles. The molecule has 0 saturated carbocycles. The van der Waals surface area contributed by atoms with Crippen LogP contribution < -0.4 is 0 Å². The minimum atomic E-state index is -0.990. The molecule has 1 aromatic heterocycles. The number of carbonyl (C=O) groups is 1. The van der Waals surface area contributed by atoms with E-state index in [-0.39, 0.29) is 5.56 Å². The van der Waals surface area contributed by atoms with Crippen LogP contribution in [0.15, 0.2) is 17.2 Å². The van der Waals surface area contributed by atoms with Crippen LogP contribution in [-0.4, -0.2) is 21.9 Å². The van der Waals surface area contributed by atoms with Gasteiger partial charge in [-0.05, 0) is 24.8 Å². The highest BCUT2D eigenvalue weighted by Gasteiger charge is 2.18. The summed E-state index contributed by atoms with van der Waals surface area (Å²) in [5.74, 6) is -0.990. The number of hydrogen-bond donors (Lipinski definition) is 1. The number of halogens is 1. The molecule has 0 spiro atoms. The first-order valence-corrected chi connectivity index (χ1v) is 6.63. The van der Waals surface area contributed by atoms with E-state index in [1.165, 1.54) is 0 Å². The van der Waals surface area contributed by atoms with Crippen molar-refractivity contribution in [1.29, 1.82) is 0 Å². The van der Waals surface area contributed by atoms with Crippen LogP contribution in [-0.2, 0) is 7.05 Å². The van der Waals surface area contributed by atoms with Crippen molar-refractivity contribution in [2.45, 2.75) is 11.8 Å². The van der Waals surface area contributed by atoms with Crippen molar-refractivity contribution >= 4 is 40.2 Å². The van der Waals surface area contributed by atoms with Gasteiger partial charge in [-0.25, -0.2) is 4.79 Å². The summed E-state index contributed by atoms with van der Waals surface area (Å²) in [7, 11) is 1.94. The highest BCUT2D eigenvalue weighted by Crippen LogP contribution is 2.37. The maximum Gasteiger partial charge on any atom is 0.337 e. The first kappa shape index (κ1) is 12.3. The molecule has 0 bridgehead atoms. The van der Waals surface area contributed by atoms with E-state index in [1.807, 2.05) is 31.0 Å². The fourth-order valence-corrected chi connectivity index (χ4v) is 3.13. The molecule has 0 radical (unpaired) electrons. The number of rotatable bonds is 2. The smallest absolute Gasteiger partial charge is 0.337 e. The van der Waals surface area contributed by atoms with Crippen molar-refractivity contribution in [1.82, 2.24) is 4.57 Å². The predicted octanol–water partition coefficient (Wildman–Crippen LogP) is 3.56.